The number of alkyl halides is 3. The molecule has 1 heterocycles. The Balaban J connectivity index is 1.91. The lowest BCUT2D eigenvalue weighted by atomic mass is 10.2. The van der Waals surface area contributed by atoms with E-state index in [-0.39, 0.29) is 24.3 Å². The third-order valence-corrected chi connectivity index (χ3v) is 2.88. The van der Waals surface area contributed by atoms with Gasteiger partial charge in [0.15, 0.2) is 5.69 Å². The molecule has 23 heavy (non-hydrogen) atoms. The second-order valence-electron chi connectivity index (χ2n) is 4.53. The molecular weight excluding hydrogens is 317 g/mol. The van der Waals surface area contributed by atoms with E-state index < -0.39 is 22.7 Å². The quantitative estimate of drug-likeness (QED) is 0.673. The number of carbonyl (C=O) groups excluding carboxylic acids is 1. The average molecular weight is 328 g/mol. The lowest BCUT2D eigenvalue weighted by molar-refractivity contribution is -0.384. The highest BCUT2D eigenvalue weighted by Gasteiger charge is 2.33. The van der Waals surface area contributed by atoms with Crippen LogP contribution in [-0.2, 0) is 12.7 Å². The number of hydrogen-bond acceptors (Lipinski definition) is 4. The first-order valence-corrected chi connectivity index (χ1v) is 6.40. The fourth-order valence-electron chi connectivity index (χ4n) is 1.78. The van der Waals surface area contributed by atoms with Crippen LogP contribution in [0.3, 0.4) is 0 Å². The fraction of sp³-hybridized carbons (Fsp3) is 0.231. The van der Waals surface area contributed by atoms with Crippen LogP contribution in [0.5, 0.6) is 0 Å². The van der Waals surface area contributed by atoms with Gasteiger partial charge in [-0.2, -0.15) is 18.3 Å². The Kier molecular flexibility index (Phi) is 4.63. The minimum Gasteiger partial charge on any atom is -0.350 e. The molecule has 0 fully saturated rings. The van der Waals surface area contributed by atoms with Crippen LogP contribution in [0, 0.1) is 10.1 Å². The normalized spacial score (nSPS) is 11.3. The molecule has 0 aliphatic carbocycles. The molecule has 0 bridgehead atoms. The third-order valence-electron chi connectivity index (χ3n) is 2.88. The molecule has 2 aromatic rings. The van der Waals surface area contributed by atoms with E-state index in [0.29, 0.717) is 0 Å². The van der Waals surface area contributed by atoms with Gasteiger partial charge < -0.3 is 5.32 Å². The van der Waals surface area contributed by atoms with Crippen molar-refractivity contribution in [2.75, 3.05) is 6.54 Å². The van der Waals surface area contributed by atoms with Crippen molar-refractivity contribution < 1.29 is 22.9 Å². The summed E-state index contributed by atoms with van der Waals surface area (Å²) in [6, 6.07) is 5.97. The predicted molar refractivity (Wildman–Crippen MR) is 72.7 cm³/mol. The molecule has 7 nitrogen and oxygen atoms in total. The number of rotatable bonds is 5. The molecule has 0 saturated carbocycles. The van der Waals surface area contributed by atoms with E-state index in [2.05, 4.69) is 10.4 Å². The van der Waals surface area contributed by atoms with Crippen LogP contribution >= 0.6 is 0 Å². The second-order valence-corrected chi connectivity index (χ2v) is 4.53. The van der Waals surface area contributed by atoms with Crippen LogP contribution in [0.1, 0.15) is 16.1 Å². The van der Waals surface area contributed by atoms with Gasteiger partial charge in [-0.3, -0.25) is 19.6 Å². The fourth-order valence-corrected chi connectivity index (χ4v) is 1.78. The zero-order valence-electron chi connectivity index (χ0n) is 11.6. The van der Waals surface area contributed by atoms with Gasteiger partial charge in [0.2, 0.25) is 0 Å². The summed E-state index contributed by atoms with van der Waals surface area (Å²) < 4.78 is 38.2. The smallest absolute Gasteiger partial charge is 0.350 e. The minimum atomic E-state index is -4.52. The van der Waals surface area contributed by atoms with E-state index in [0.717, 1.165) is 23.0 Å². The van der Waals surface area contributed by atoms with E-state index in [4.69, 9.17) is 0 Å². The van der Waals surface area contributed by atoms with Crippen LogP contribution in [-0.4, -0.2) is 27.2 Å². The third kappa shape index (κ3) is 4.28. The van der Waals surface area contributed by atoms with Crippen molar-refractivity contribution in [1.29, 1.82) is 0 Å². The highest BCUT2D eigenvalue weighted by atomic mass is 19.4. The molecule has 0 aliphatic heterocycles. The number of carbonyl (C=O) groups is 1. The first kappa shape index (κ1) is 16.5. The van der Waals surface area contributed by atoms with Gasteiger partial charge in [-0.25, -0.2) is 0 Å². The van der Waals surface area contributed by atoms with E-state index >= 15 is 0 Å². The van der Waals surface area contributed by atoms with Gasteiger partial charge in [0, 0.05) is 30.4 Å². The van der Waals surface area contributed by atoms with Crippen molar-refractivity contribution in [3.8, 4) is 0 Å². The number of nitro groups is 1. The summed E-state index contributed by atoms with van der Waals surface area (Å²) in [5.74, 6) is -0.558. The summed E-state index contributed by atoms with van der Waals surface area (Å²) in [6.45, 7) is 0.0667. The maximum absolute atomic E-state index is 12.4. The maximum atomic E-state index is 12.4. The Labute approximate surface area is 127 Å². The van der Waals surface area contributed by atoms with Gasteiger partial charge in [-0.15, -0.1) is 0 Å². The summed E-state index contributed by atoms with van der Waals surface area (Å²) >= 11 is 0. The van der Waals surface area contributed by atoms with Crippen molar-refractivity contribution in [2.24, 2.45) is 0 Å². The lowest BCUT2D eigenvalue weighted by Gasteiger charge is -2.06. The van der Waals surface area contributed by atoms with Crippen molar-refractivity contribution in [3.63, 3.8) is 0 Å². The van der Waals surface area contributed by atoms with Crippen LogP contribution in [0.25, 0.3) is 0 Å². The standard InChI is InChI=1S/C13H11F3N4O3/c14-13(15,16)11-4-6-19(18-11)7-5-17-12(21)9-2-1-3-10(8-9)20(22)23/h1-4,6,8H,5,7H2,(H,17,21). The topological polar surface area (TPSA) is 90.1 Å². The Hall–Kier alpha value is -2.91. The number of aromatic nitrogens is 2. The first-order chi connectivity index (χ1) is 10.8. The van der Waals surface area contributed by atoms with Gasteiger partial charge in [0.1, 0.15) is 0 Å². The first-order valence-electron chi connectivity index (χ1n) is 6.40. The number of halogens is 3. The van der Waals surface area contributed by atoms with Crippen LogP contribution in [0.2, 0.25) is 0 Å². The van der Waals surface area contributed by atoms with Crippen molar-refractivity contribution >= 4 is 11.6 Å². The van der Waals surface area contributed by atoms with Crippen LogP contribution in [0.4, 0.5) is 18.9 Å². The summed E-state index contributed by atoms with van der Waals surface area (Å²) in [5.41, 5.74) is -1.14. The number of hydrogen-bond donors (Lipinski definition) is 1. The van der Waals surface area contributed by atoms with E-state index in [1.54, 1.807) is 0 Å². The predicted octanol–water partition coefficient (Wildman–Crippen LogP) is 2.24. The Morgan fingerprint density at radius 3 is 2.70 bits per heavy atom. The number of amides is 1. The molecule has 0 unspecified atom stereocenters. The van der Waals surface area contributed by atoms with Crippen molar-refractivity contribution in [3.05, 3.63) is 57.9 Å². The molecule has 122 valence electrons. The average Bonchev–Trinajstić information content (AvgIpc) is 2.96. The second kappa shape index (κ2) is 6.46. The van der Waals surface area contributed by atoms with E-state index in [1.807, 2.05) is 0 Å². The number of nitrogens with zero attached hydrogens (tertiary/aromatic N) is 3. The molecular formula is C13H11F3N4O3. The largest absolute Gasteiger partial charge is 0.435 e. The highest BCUT2D eigenvalue weighted by molar-refractivity contribution is 5.94. The van der Waals surface area contributed by atoms with Crippen molar-refractivity contribution in [1.82, 2.24) is 15.1 Å². The number of nitrogens with one attached hydrogen (secondary N) is 1. The van der Waals surface area contributed by atoms with Gasteiger partial charge in [0.05, 0.1) is 11.5 Å². The molecule has 1 aromatic carbocycles. The summed E-state index contributed by atoms with van der Waals surface area (Å²) in [4.78, 5) is 21.8. The summed E-state index contributed by atoms with van der Waals surface area (Å²) in [5, 5.41) is 16.4. The van der Waals surface area contributed by atoms with Gasteiger partial charge in [-0.05, 0) is 12.1 Å². The van der Waals surface area contributed by atoms with Crippen LogP contribution in [0.15, 0.2) is 36.5 Å². The molecule has 1 amide bonds. The molecule has 10 heteroatoms. The van der Waals surface area contributed by atoms with Gasteiger partial charge in [0.25, 0.3) is 11.6 Å². The molecule has 2 rings (SSSR count). The molecule has 0 atom stereocenters. The summed E-state index contributed by atoms with van der Waals surface area (Å²) in [7, 11) is 0. The number of benzene rings is 1. The zero-order valence-corrected chi connectivity index (χ0v) is 11.6. The number of non-ortho nitro benzene ring substituents is 1. The maximum Gasteiger partial charge on any atom is 0.435 e. The SMILES string of the molecule is O=C(NCCn1ccc(C(F)(F)F)n1)c1cccc([N+](=O)[O-])c1. The lowest BCUT2D eigenvalue weighted by Crippen LogP contribution is -2.27. The molecule has 0 spiro atoms. The molecule has 0 saturated heterocycles. The summed E-state index contributed by atoms with van der Waals surface area (Å²) in [6.07, 6.45) is -3.36. The minimum absolute atomic E-state index is 0.0283. The van der Waals surface area contributed by atoms with Gasteiger partial charge in [-0.1, -0.05) is 6.07 Å². The number of nitro benzene ring substituents is 1. The molecule has 0 radical (unpaired) electrons. The Morgan fingerprint density at radius 2 is 2.09 bits per heavy atom. The Bertz CT molecular complexity index is 727. The zero-order chi connectivity index (χ0) is 17.0. The highest BCUT2D eigenvalue weighted by Crippen LogP contribution is 2.27. The Morgan fingerprint density at radius 1 is 1.35 bits per heavy atom. The van der Waals surface area contributed by atoms with Crippen LogP contribution < -0.4 is 5.32 Å². The monoisotopic (exact) mass is 328 g/mol. The molecule has 0 aliphatic rings. The molecule has 1 aromatic heterocycles. The van der Waals surface area contributed by atoms with E-state index in [1.165, 1.54) is 18.2 Å². The van der Waals surface area contributed by atoms with Gasteiger partial charge >= 0.3 is 6.18 Å². The molecule has 1 N–H and O–H groups in total. The van der Waals surface area contributed by atoms with Crippen molar-refractivity contribution in [2.45, 2.75) is 12.7 Å². The van der Waals surface area contributed by atoms with E-state index in [9.17, 15) is 28.1 Å².